The van der Waals surface area contributed by atoms with Gasteiger partial charge in [-0.25, -0.2) is 4.98 Å². The maximum Gasteiger partial charge on any atom is 0.267 e. The number of pyridine rings is 1. The van der Waals surface area contributed by atoms with Gasteiger partial charge in [-0.2, -0.15) is 18.2 Å². The fourth-order valence-electron chi connectivity index (χ4n) is 11.4. The van der Waals surface area contributed by atoms with Gasteiger partial charge in [0.05, 0.1) is 33.3 Å². The van der Waals surface area contributed by atoms with Crippen LogP contribution in [0.3, 0.4) is 0 Å². The van der Waals surface area contributed by atoms with Crippen molar-refractivity contribution < 1.29 is 30.4 Å². The van der Waals surface area contributed by atoms with Gasteiger partial charge in [-0.1, -0.05) is 163 Å². The van der Waals surface area contributed by atoms with Crippen LogP contribution in [0.2, 0.25) is 0 Å². The van der Waals surface area contributed by atoms with Crippen molar-refractivity contribution in [1.82, 2.24) is 23.3 Å². The van der Waals surface area contributed by atoms with Crippen molar-refractivity contribution in [2.45, 2.75) is 0 Å². The Morgan fingerprint density at radius 1 is 0.421 bits per heavy atom. The van der Waals surface area contributed by atoms with Crippen LogP contribution < -0.4 is 9.30 Å². The molecule has 0 N–H and O–H groups in total. The summed E-state index contributed by atoms with van der Waals surface area (Å²) in [6.45, 7) is 0. The molecule has 10 aromatic carbocycles. The molecule has 0 saturated carbocycles. The fourth-order valence-corrected chi connectivity index (χ4v) is 11.4. The molecule has 0 bridgehead atoms. The third-order valence-corrected chi connectivity index (χ3v) is 14.5. The molecular weight excluding hydrogens is 1110 g/mol. The van der Waals surface area contributed by atoms with Gasteiger partial charge in [0.1, 0.15) is 5.82 Å². The van der Waals surface area contributed by atoms with Crippen LogP contribution in [-0.4, -0.2) is 23.3 Å². The molecule has 0 aliphatic rings. The average molecular weight is 1150 g/mol. The largest absolute Gasteiger partial charge is 0.510 e. The van der Waals surface area contributed by atoms with Crippen LogP contribution in [0, 0.1) is 18.5 Å². The number of hydrogen-bond donors (Lipinski definition) is 0. The van der Waals surface area contributed by atoms with Gasteiger partial charge in [0, 0.05) is 84.1 Å². The molecule has 0 fully saturated rings. The summed E-state index contributed by atoms with van der Waals surface area (Å²) in [4.78, 5) is 5.08. The quantitative estimate of drug-likeness (QED) is 0.107. The Hall–Kier alpha value is -9.55. The van der Waals surface area contributed by atoms with E-state index >= 15 is 0 Å². The Morgan fingerprint density at radius 2 is 0.961 bits per heavy atom. The number of rotatable bonds is 9. The molecule has 15 rings (SSSR count). The third-order valence-electron chi connectivity index (χ3n) is 14.5. The fraction of sp³-hybridized carbons (Fsp3) is 0. The number of ether oxygens (including phenoxy) is 1. The molecule has 0 amide bonds. The van der Waals surface area contributed by atoms with Crippen molar-refractivity contribution in [3.63, 3.8) is 0 Å². The van der Waals surface area contributed by atoms with Crippen molar-refractivity contribution >= 4 is 65.4 Å². The van der Waals surface area contributed by atoms with E-state index in [-0.39, 0.29) is 21.1 Å². The maximum atomic E-state index is 6.84. The predicted octanol–water partition coefficient (Wildman–Crippen LogP) is 16.0. The molecular formula is C68H42N6OPt-2. The smallest absolute Gasteiger partial charge is 0.267 e. The molecule has 76 heavy (non-hydrogen) atoms. The Kier molecular flexibility index (Phi) is 10.9. The number of fused-ring (bicyclic) bond motifs is 12. The molecule has 5 aromatic heterocycles. The summed E-state index contributed by atoms with van der Waals surface area (Å²) < 4.78 is 18.1. The number of benzene rings is 10. The van der Waals surface area contributed by atoms with Crippen molar-refractivity contribution in [3.8, 4) is 62.3 Å². The summed E-state index contributed by atoms with van der Waals surface area (Å²) in [7, 11) is 0. The molecule has 8 heteroatoms. The van der Waals surface area contributed by atoms with Crippen LogP contribution in [0.5, 0.6) is 11.5 Å². The molecule has 15 aromatic rings. The third kappa shape index (κ3) is 7.15. The van der Waals surface area contributed by atoms with Crippen molar-refractivity contribution in [2.24, 2.45) is 0 Å². The van der Waals surface area contributed by atoms with Crippen LogP contribution in [0.1, 0.15) is 0 Å². The Morgan fingerprint density at radius 3 is 1.61 bits per heavy atom. The predicted molar refractivity (Wildman–Crippen MR) is 302 cm³/mol. The van der Waals surface area contributed by atoms with E-state index < -0.39 is 0 Å². The minimum absolute atomic E-state index is 0. The number of para-hydroxylation sites is 5. The Bertz CT molecular complexity index is 4600. The summed E-state index contributed by atoms with van der Waals surface area (Å²) in [5.74, 6) is 1.87. The summed E-state index contributed by atoms with van der Waals surface area (Å²) in [6.07, 6.45) is 9.56. The van der Waals surface area contributed by atoms with Crippen LogP contribution in [0.4, 0.5) is 0 Å². The van der Waals surface area contributed by atoms with E-state index in [1.165, 1.54) is 0 Å². The molecule has 0 atom stereocenters. The first-order valence-electron chi connectivity index (χ1n) is 25.1. The van der Waals surface area contributed by atoms with Crippen LogP contribution in [-0.2, 0) is 21.1 Å². The zero-order chi connectivity index (χ0) is 49.4. The van der Waals surface area contributed by atoms with E-state index in [1.807, 2.05) is 47.3 Å². The van der Waals surface area contributed by atoms with Gasteiger partial charge in [0.25, 0.3) is 6.33 Å². The normalized spacial score (nSPS) is 11.6. The molecule has 0 spiro atoms. The minimum atomic E-state index is 0. The Labute approximate surface area is 452 Å². The zero-order valence-corrected chi connectivity index (χ0v) is 42.9. The topological polar surface area (TPSA) is 45.7 Å². The molecule has 0 aliphatic heterocycles. The van der Waals surface area contributed by atoms with Crippen molar-refractivity contribution in [1.29, 1.82) is 0 Å². The summed E-state index contributed by atoms with van der Waals surface area (Å²) in [5, 5.41) is 6.79. The SMILES string of the molecule is [Pt].[c-]1c(Oc2[c-]c3c(cc2)c2c4c5ccccc5n(-c5ccccc5)c4c4c5ccccc5n(-c5ccccc5)c4c2n3-c2ccccn2)cccc1-[n+]1[c-]n(-c2c(-c3ccccc3)cccc2-c2ccccc2)cc1. The number of nitrogens with zero attached hydrogens (tertiary/aromatic N) is 6. The average Bonchev–Trinajstić information content (AvgIpc) is 4.42. The van der Waals surface area contributed by atoms with E-state index in [9.17, 15) is 0 Å². The summed E-state index contributed by atoms with van der Waals surface area (Å²) in [6, 6.07) is 90.2. The van der Waals surface area contributed by atoms with Gasteiger partial charge in [0.15, 0.2) is 0 Å². The second kappa shape index (κ2) is 18.4. The summed E-state index contributed by atoms with van der Waals surface area (Å²) >= 11 is 0. The van der Waals surface area contributed by atoms with Crippen molar-refractivity contribution in [2.75, 3.05) is 0 Å². The van der Waals surface area contributed by atoms with Crippen molar-refractivity contribution in [3.05, 3.63) is 274 Å². The van der Waals surface area contributed by atoms with E-state index in [2.05, 4.69) is 249 Å². The maximum absolute atomic E-state index is 6.84. The van der Waals surface area contributed by atoms with Gasteiger partial charge < -0.3 is 23.0 Å². The number of aromatic nitrogens is 6. The molecule has 0 unspecified atom stereocenters. The Balaban J connectivity index is 0.00000528. The second-order valence-corrected chi connectivity index (χ2v) is 18.7. The number of hydrogen-bond acceptors (Lipinski definition) is 2. The van der Waals surface area contributed by atoms with Crippen LogP contribution in [0.15, 0.2) is 255 Å². The van der Waals surface area contributed by atoms with E-state index in [0.717, 1.165) is 116 Å². The molecule has 7 nitrogen and oxygen atoms in total. The van der Waals surface area contributed by atoms with Gasteiger partial charge in [0.2, 0.25) is 0 Å². The summed E-state index contributed by atoms with van der Waals surface area (Å²) in [5.41, 5.74) is 14.8. The standard InChI is InChI=1S/C68H42N6O.Pt/c1-5-21-46(22-6-1)53-33-20-34-54(47-23-7-2-8-24-47)65(53)71-42-41-70(45-71)50-29-19-30-51(43-50)75-52-38-39-57-60(44-52)74(61-37-17-18-40-69-61)67-63(57)62-55-31-13-15-35-58(55)72(48-25-9-3-10-26-48)66(62)64-56-32-14-16-36-59(56)73(68(64)67)49-27-11-4-12-28-49;/h1-42H;/q-2;. The van der Waals surface area contributed by atoms with Crippen LogP contribution >= 0.6 is 0 Å². The van der Waals surface area contributed by atoms with Gasteiger partial charge in [-0.15, -0.1) is 29.7 Å². The molecule has 0 saturated heterocycles. The van der Waals surface area contributed by atoms with E-state index in [1.54, 1.807) is 0 Å². The molecule has 5 heterocycles. The van der Waals surface area contributed by atoms with Crippen LogP contribution in [0.25, 0.3) is 116 Å². The minimum Gasteiger partial charge on any atom is -0.510 e. The first kappa shape index (κ1) is 45.1. The zero-order valence-electron chi connectivity index (χ0n) is 40.7. The molecule has 0 radical (unpaired) electrons. The monoisotopic (exact) mass is 1150 g/mol. The van der Waals surface area contributed by atoms with Gasteiger partial charge in [-0.05, 0) is 81.9 Å². The first-order chi connectivity index (χ1) is 37.2. The van der Waals surface area contributed by atoms with Gasteiger partial charge >= 0.3 is 0 Å². The second-order valence-electron chi connectivity index (χ2n) is 18.7. The van der Waals surface area contributed by atoms with Gasteiger partial charge in [-0.3, -0.25) is 4.57 Å². The van der Waals surface area contributed by atoms with E-state index in [0.29, 0.717) is 11.5 Å². The molecule has 362 valence electrons. The first-order valence-corrected chi connectivity index (χ1v) is 25.1. The van der Waals surface area contributed by atoms with E-state index in [4.69, 9.17) is 9.72 Å². The molecule has 0 aliphatic carbocycles. The number of imidazole rings is 1.